The normalized spacial score (nSPS) is 14.1. The van der Waals surface area contributed by atoms with E-state index in [1.165, 1.54) is 128 Å². The van der Waals surface area contributed by atoms with Crippen LogP contribution in [0.5, 0.6) is 0 Å². The molecule has 55 heavy (non-hydrogen) atoms. The van der Waals surface area contributed by atoms with Crippen molar-refractivity contribution in [2.45, 2.75) is 201 Å². The molecule has 3 amide bonds. The first-order chi connectivity index (χ1) is 27.1. The fourth-order valence-corrected chi connectivity index (χ4v) is 7.36. The molecule has 0 unspecified atom stereocenters. The van der Waals surface area contributed by atoms with E-state index in [9.17, 15) is 9.59 Å². The minimum absolute atomic E-state index is 0.0569. The Morgan fingerprint density at radius 3 is 1.45 bits per heavy atom. The van der Waals surface area contributed by atoms with Gasteiger partial charge in [-0.3, -0.25) is 14.6 Å². The molecule has 0 aliphatic carbocycles. The third-order valence-corrected chi connectivity index (χ3v) is 10.9. The SMILES string of the molecule is CCCCC/C=C\C/C=C\CCCCCCCCC(CCCCCCCC/C=C\C/C=C\CCCCC)C(=O)N(CCCCN1CCOCC1)C(=O)NCC. The number of ether oxygens (including phenoxy) is 1. The first kappa shape index (κ1) is 50.8. The van der Waals surface area contributed by atoms with Gasteiger partial charge < -0.3 is 10.1 Å². The molecule has 1 aliphatic heterocycles. The number of nitrogens with zero attached hydrogens (tertiary/aromatic N) is 2. The second-order valence-electron chi connectivity index (χ2n) is 15.9. The lowest BCUT2D eigenvalue weighted by molar-refractivity contribution is -0.133. The molecule has 1 fully saturated rings. The van der Waals surface area contributed by atoms with Gasteiger partial charge >= 0.3 is 6.03 Å². The number of carbonyl (C=O) groups excluding carboxylic acids is 2. The second kappa shape index (κ2) is 40.0. The molecule has 0 saturated carbocycles. The number of rotatable bonds is 37. The topological polar surface area (TPSA) is 61.9 Å². The number of imide groups is 1. The first-order valence-corrected chi connectivity index (χ1v) is 23.6. The molecule has 0 aromatic carbocycles. The van der Waals surface area contributed by atoms with Crippen LogP contribution >= 0.6 is 0 Å². The van der Waals surface area contributed by atoms with Crippen LogP contribution in [-0.2, 0) is 9.53 Å². The maximum Gasteiger partial charge on any atom is 0.324 e. The van der Waals surface area contributed by atoms with Crippen molar-refractivity contribution in [1.29, 1.82) is 0 Å². The Bertz CT molecular complexity index is 936. The molecule has 0 aromatic rings. The monoisotopic (exact) mass is 768 g/mol. The van der Waals surface area contributed by atoms with Crippen molar-refractivity contribution in [3.05, 3.63) is 48.6 Å². The molecule has 1 aliphatic rings. The Kier molecular flexibility index (Phi) is 37.0. The quantitative estimate of drug-likeness (QED) is 0.0505. The maximum absolute atomic E-state index is 14.1. The van der Waals surface area contributed by atoms with E-state index >= 15 is 0 Å². The lowest BCUT2D eigenvalue weighted by atomic mass is 9.92. The molecule has 1 N–H and O–H groups in total. The van der Waals surface area contributed by atoms with Crippen LogP contribution in [0.25, 0.3) is 0 Å². The fourth-order valence-electron chi connectivity index (χ4n) is 7.36. The summed E-state index contributed by atoms with van der Waals surface area (Å²) >= 11 is 0. The van der Waals surface area contributed by atoms with E-state index in [2.05, 4.69) is 72.7 Å². The smallest absolute Gasteiger partial charge is 0.324 e. The highest BCUT2D eigenvalue weighted by Crippen LogP contribution is 2.23. The Labute approximate surface area is 341 Å². The molecule has 0 aromatic heterocycles. The number of amides is 3. The molecular formula is C49H89N3O3. The van der Waals surface area contributed by atoms with Gasteiger partial charge in [-0.2, -0.15) is 0 Å². The highest BCUT2D eigenvalue weighted by molar-refractivity contribution is 5.95. The van der Waals surface area contributed by atoms with E-state index in [0.717, 1.165) is 84.2 Å². The Hall–Kier alpha value is -2.18. The van der Waals surface area contributed by atoms with E-state index in [4.69, 9.17) is 4.74 Å². The van der Waals surface area contributed by atoms with Crippen LogP contribution in [0.1, 0.15) is 201 Å². The van der Waals surface area contributed by atoms with Crippen LogP contribution in [-0.4, -0.2) is 67.7 Å². The Morgan fingerprint density at radius 2 is 1.00 bits per heavy atom. The van der Waals surface area contributed by atoms with E-state index < -0.39 is 0 Å². The van der Waals surface area contributed by atoms with Gasteiger partial charge in [0.1, 0.15) is 0 Å². The van der Waals surface area contributed by atoms with Crippen LogP contribution in [0.15, 0.2) is 48.6 Å². The third kappa shape index (κ3) is 31.6. The molecule has 0 bridgehead atoms. The summed E-state index contributed by atoms with van der Waals surface area (Å²) in [5.74, 6) is 0.000943. The Morgan fingerprint density at radius 1 is 0.564 bits per heavy atom. The Balaban J connectivity index is 2.47. The molecule has 0 atom stereocenters. The van der Waals surface area contributed by atoms with Gasteiger partial charge in [-0.15, -0.1) is 0 Å². The number of hydrogen-bond donors (Lipinski definition) is 1. The summed E-state index contributed by atoms with van der Waals surface area (Å²) in [4.78, 5) is 31.2. The molecule has 0 radical (unpaired) electrons. The lowest BCUT2D eigenvalue weighted by Crippen LogP contribution is -2.47. The van der Waals surface area contributed by atoms with Crippen LogP contribution in [0.2, 0.25) is 0 Å². The molecule has 6 nitrogen and oxygen atoms in total. The van der Waals surface area contributed by atoms with Gasteiger partial charge in [-0.1, -0.05) is 152 Å². The largest absolute Gasteiger partial charge is 0.379 e. The zero-order valence-electron chi connectivity index (χ0n) is 36.6. The summed E-state index contributed by atoms with van der Waals surface area (Å²) in [6.45, 7) is 12.1. The molecular weight excluding hydrogens is 679 g/mol. The maximum atomic E-state index is 14.1. The van der Waals surface area contributed by atoms with Crippen molar-refractivity contribution in [2.24, 2.45) is 5.92 Å². The van der Waals surface area contributed by atoms with Gasteiger partial charge in [0.2, 0.25) is 5.91 Å². The van der Waals surface area contributed by atoms with Crippen LogP contribution in [0.3, 0.4) is 0 Å². The predicted molar refractivity (Wildman–Crippen MR) is 239 cm³/mol. The number of allylic oxidation sites excluding steroid dienone is 8. The minimum atomic E-state index is -0.210. The fraction of sp³-hybridized carbons (Fsp3) is 0.796. The molecule has 1 saturated heterocycles. The predicted octanol–water partition coefficient (Wildman–Crippen LogP) is 13.7. The van der Waals surface area contributed by atoms with Crippen molar-refractivity contribution in [2.75, 3.05) is 45.9 Å². The van der Waals surface area contributed by atoms with E-state index in [0.29, 0.717) is 13.1 Å². The highest BCUT2D eigenvalue weighted by atomic mass is 16.5. The second-order valence-corrected chi connectivity index (χ2v) is 15.9. The van der Waals surface area contributed by atoms with E-state index in [1.807, 2.05) is 6.92 Å². The molecule has 1 rings (SSSR count). The average molecular weight is 768 g/mol. The van der Waals surface area contributed by atoms with Crippen molar-refractivity contribution in [3.8, 4) is 0 Å². The van der Waals surface area contributed by atoms with E-state index in [-0.39, 0.29) is 17.9 Å². The number of carbonyl (C=O) groups is 2. The third-order valence-electron chi connectivity index (χ3n) is 10.9. The van der Waals surface area contributed by atoms with Crippen LogP contribution in [0.4, 0.5) is 4.79 Å². The zero-order chi connectivity index (χ0) is 39.7. The van der Waals surface area contributed by atoms with Gasteiger partial charge in [0.25, 0.3) is 0 Å². The van der Waals surface area contributed by atoms with Gasteiger partial charge in [-0.25, -0.2) is 4.79 Å². The summed E-state index contributed by atoms with van der Waals surface area (Å²) in [6.07, 6.45) is 51.6. The number of urea groups is 1. The summed E-state index contributed by atoms with van der Waals surface area (Å²) in [7, 11) is 0. The van der Waals surface area contributed by atoms with Crippen molar-refractivity contribution >= 4 is 11.9 Å². The summed E-state index contributed by atoms with van der Waals surface area (Å²) < 4.78 is 5.49. The van der Waals surface area contributed by atoms with E-state index in [1.54, 1.807) is 4.90 Å². The van der Waals surface area contributed by atoms with Crippen molar-refractivity contribution in [1.82, 2.24) is 15.1 Å². The van der Waals surface area contributed by atoms with Crippen molar-refractivity contribution < 1.29 is 14.3 Å². The molecule has 0 spiro atoms. The number of hydrogen-bond acceptors (Lipinski definition) is 4. The number of nitrogens with one attached hydrogen (secondary N) is 1. The summed E-state index contributed by atoms with van der Waals surface area (Å²) in [6, 6.07) is -0.210. The van der Waals surface area contributed by atoms with Crippen molar-refractivity contribution in [3.63, 3.8) is 0 Å². The molecule has 1 heterocycles. The first-order valence-electron chi connectivity index (χ1n) is 23.6. The lowest BCUT2D eigenvalue weighted by Gasteiger charge is -2.28. The van der Waals surface area contributed by atoms with Gasteiger partial charge in [0, 0.05) is 32.1 Å². The van der Waals surface area contributed by atoms with Gasteiger partial charge in [0.15, 0.2) is 0 Å². The zero-order valence-corrected chi connectivity index (χ0v) is 36.6. The minimum Gasteiger partial charge on any atom is -0.379 e. The number of unbranched alkanes of at least 4 members (excludes halogenated alkanes) is 19. The van der Waals surface area contributed by atoms with Crippen LogP contribution in [0, 0.1) is 5.92 Å². The highest BCUT2D eigenvalue weighted by Gasteiger charge is 2.28. The molecule has 6 heteroatoms. The summed E-state index contributed by atoms with van der Waals surface area (Å²) in [5.41, 5.74) is 0. The van der Waals surface area contributed by atoms with Crippen LogP contribution < -0.4 is 5.32 Å². The molecule has 318 valence electrons. The average Bonchev–Trinajstić information content (AvgIpc) is 3.20. The summed E-state index contributed by atoms with van der Waals surface area (Å²) in [5, 5.41) is 2.94. The standard InChI is InChI=1S/C49H89N3O3/c1-4-7-9-11-13-15-17-19-21-23-25-27-29-31-33-35-39-47(40-36-34-32-30-28-26-24-22-20-18-16-14-12-10-8-5-2)48(53)52(49(54)50-6-3)42-38-37-41-51-43-45-55-46-44-51/h13-16,19-22,47H,4-12,17-18,23-46H2,1-3H3,(H,50,54)/b15-13-,16-14-,21-19-,22-20-. The van der Waals surface area contributed by atoms with Gasteiger partial charge in [-0.05, 0) is 103 Å². The number of morpholine rings is 1. The van der Waals surface area contributed by atoms with Gasteiger partial charge in [0.05, 0.1) is 13.2 Å².